The fourth-order valence-corrected chi connectivity index (χ4v) is 2.04. The second kappa shape index (κ2) is 6.99. The summed E-state index contributed by atoms with van der Waals surface area (Å²) < 4.78 is 48.5. The number of rotatable bonds is 6. The van der Waals surface area contributed by atoms with Crippen LogP contribution < -0.4 is 5.32 Å². The Kier molecular flexibility index (Phi) is 5.95. The number of thioether (sulfide) groups is 1. The van der Waals surface area contributed by atoms with E-state index in [9.17, 15) is 17.6 Å². The summed E-state index contributed by atoms with van der Waals surface area (Å²) in [7, 11) is 0. The summed E-state index contributed by atoms with van der Waals surface area (Å²) in [6.45, 7) is 2.19. The molecule has 1 aromatic carbocycles. The summed E-state index contributed by atoms with van der Waals surface area (Å²) in [5, 5.41) is 3.03. The van der Waals surface area contributed by atoms with E-state index in [4.69, 9.17) is 0 Å². The van der Waals surface area contributed by atoms with Crippen LogP contribution in [-0.2, 0) is 0 Å². The Morgan fingerprint density at radius 2 is 1.83 bits per heavy atom. The minimum Gasteiger partial charge on any atom is -0.309 e. The average Bonchev–Trinajstić information content (AvgIpc) is 2.29. The van der Waals surface area contributed by atoms with Crippen molar-refractivity contribution < 1.29 is 17.6 Å². The van der Waals surface area contributed by atoms with Gasteiger partial charge in [-0.05, 0) is 35.9 Å². The van der Waals surface area contributed by atoms with Crippen molar-refractivity contribution in [1.29, 1.82) is 0 Å². The van der Waals surface area contributed by atoms with Crippen LogP contribution in [0.2, 0.25) is 0 Å². The fraction of sp³-hybridized carbons (Fsp3) is 0.500. The molecule has 0 aliphatic carbocycles. The summed E-state index contributed by atoms with van der Waals surface area (Å²) in [4.78, 5) is 0. The van der Waals surface area contributed by atoms with E-state index in [-0.39, 0.29) is 35.9 Å². The van der Waals surface area contributed by atoms with Gasteiger partial charge < -0.3 is 5.32 Å². The molecule has 0 amide bonds. The number of nitrogens with one attached hydrogen (secondary N) is 1. The quantitative estimate of drug-likeness (QED) is 0.622. The predicted octanol–water partition coefficient (Wildman–Crippen LogP) is 4.12. The first-order chi connectivity index (χ1) is 8.42. The molecule has 0 saturated carbocycles. The van der Waals surface area contributed by atoms with E-state index < -0.39 is 5.51 Å². The Bertz CT molecular complexity index is 350. The molecule has 0 aromatic heterocycles. The lowest BCUT2D eigenvalue weighted by Crippen LogP contribution is -2.24. The lowest BCUT2D eigenvalue weighted by atomic mass is 10.0. The van der Waals surface area contributed by atoms with Gasteiger partial charge in [-0.1, -0.05) is 19.1 Å². The highest BCUT2D eigenvalue weighted by Crippen LogP contribution is 2.29. The maximum Gasteiger partial charge on any atom is 0.441 e. The Morgan fingerprint density at radius 1 is 1.22 bits per heavy atom. The van der Waals surface area contributed by atoms with Crippen molar-refractivity contribution in [2.24, 2.45) is 0 Å². The van der Waals surface area contributed by atoms with Gasteiger partial charge in [-0.3, -0.25) is 0 Å². The van der Waals surface area contributed by atoms with Gasteiger partial charge in [0.25, 0.3) is 0 Å². The Labute approximate surface area is 108 Å². The van der Waals surface area contributed by atoms with Crippen LogP contribution in [-0.4, -0.2) is 17.8 Å². The molecular weight excluding hydrogens is 266 g/mol. The van der Waals surface area contributed by atoms with E-state index in [0.29, 0.717) is 0 Å². The van der Waals surface area contributed by atoms with Crippen molar-refractivity contribution in [2.75, 3.05) is 12.3 Å². The summed E-state index contributed by atoms with van der Waals surface area (Å²) in [5.74, 6) is -0.345. The zero-order valence-electron chi connectivity index (χ0n) is 9.93. The molecule has 0 radical (unpaired) electrons. The van der Waals surface area contributed by atoms with Gasteiger partial charge in [-0.15, -0.1) is 0 Å². The van der Waals surface area contributed by atoms with Crippen molar-refractivity contribution in [3.05, 3.63) is 35.6 Å². The molecule has 1 nitrogen and oxygen atoms in total. The Morgan fingerprint density at radius 3 is 2.33 bits per heavy atom. The topological polar surface area (TPSA) is 12.0 Å². The third kappa shape index (κ3) is 5.73. The standard InChI is InChI=1S/C12H15F4NS/c1-2-11(9-3-5-10(13)6-4-9)17-7-8-18-12(14,15)16/h3-6,11,17H,2,7-8H2,1H3. The first-order valence-electron chi connectivity index (χ1n) is 5.62. The maximum absolute atomic E-state index is 12.7. The molecule has 1 atom stereocenters. The van der Waals surface area contributed by atoms with E-state index in [2.05, 4.69) is 5.32 Å². The summed E-state index contributed by atoms with van der Waals surface area (Å²) >= 11 is -0.0388. The molecule has 0 heterocycles. The molecule has 102 valence electrons. The van der Waals surface area contributed by atoms with Crippen LogP contribution in [0.5, 0.6) is 0 Å². The monoisotopic (exact) mass is 281 g/mol. The van der Waals surface area contributed by atoms with Crippen LogP contribution >= 0.6 is 11.8 Å². The zero-order chi connectivity index (χ0) is 13.6. The van der Waals surface area contributed by atoms with Gasteiger partial charge in [-0.2, -0.15) is 13.2 Å². The zero-order valence-corrected chi connectivity index (χ0v) is 10.7. The molecule has 1 aromatic rings. The molecule has 0 bridgehead atoms. The van der Waals surface area contributed by atoms with Crippen molar-refractivity contribution in [3.63, 3.8) is 0 Å². The molecule has 0 saturated heterocycles. The van der Waals surface area contributed by atoms with E-state index in [0.717, 1.165) is 12.0 Å². The molecular formula is C12H15F4NS. The number of alkyl halides is 3. The molecule has 1 N–H and O–H groups in total. The number of hydrogen-bond acceptors (Lipinski definition) is 2. The van der Waals surface area contributed by atoms with Gasteiger partial charge in [0.05, 0.1) is 0 Å². The highest BCUT2D eigenvalue weighted by atomic mass is 32.2. The van der Waals surface area contributed by atoms with Crippen LogP contribution in [0.3, 0.4) is 0 Å². The third-order valence-corrected chi connectivity index (χ3v) is 3.17. The van der Waals surface area contributed by atoms with Crippen molar-refractivity contribution in [1.82, 2.24) is 5.32 Å². The second-order valence-electron chi connectivity index (χ2n) is 3.76. The fourth-order valence-electron chi connectivity index (χ4n) is 1.59. The number of hydrogen-bond donors (Lipinski definition) is 1. The summed E-state index contributed by atoms with van der Waals surface area (Å²) in [6.07, 6.45) is 0.738. The normalized spacial score (nSPS) is 13.6. The molecule has 18 heavy (non-hydrogen) atoms. The van der Waals surface area contributed by atoms with E-state index in [1.807, 2.05) is 6.92 Å². The average molecular weight is 281 g/mol. The number of benzene rings is 1. The van der Waals surface area contributed by atoms with Gasteiger partial charge in [0.1, 0.15) is 5.82 Å². The molecule has 1 unspecified atom stereocenters. The van der Waals surface area contributed by atoms with Crippen LogP contribution in [0.4, 0.5) is 17.6 Å². The Balaban J connectivity index is 2.40. The van der Waals surface area contributed by atoms with Gasteiger partial charge in [-0.25, -0.2) is 4.39 Å². The molecule has 0 aliphatic heterocycles. The van der Waals surface area contributed by atoms with Crippen molar-refractivity contribution >= 4 is 11.8 Å². The minimum atomic E-state index is -4.18. The largest absolute Gasteiger partial charge is 0.441 e. The third-order valence-electron chi connectivity index (χ3n) is 2.44. The van der Waals surface area contributed by atoms with Crippen LogP contribution in [0.15, 0.2) is 24.3 Å². The van der Waals surface area contributed by atoms with E-state index in [1.165, 1.54) is 12.1 Å². The molecule has 6 heteroatoms. The van der Waals surface area contributed by atoms with Gasteiger partial charge >= 0.3 is 5.51 Å². The first-order valence-corrected chi connectivity index (χ1v) is 6.60. The van der Waals surface area contributed by atoms with Crippen LogP contribution in [0, 0.1) is 5.82 Å². The smallest absolute Gasteiger partial charge is 0.309 e. The molecule has 1 rings (SSSR count). The van der Waals surface area contributed by atoms with E-state index >= 15 is 0 Å². The second-order valence-corrected chi connectivity index (χ2v) is 4.92. The van der Waals surface area contributed by atoms with Crippen LogP contribution in [0.1, 0.15) is 24.9 Å². The Hall–Kier alpha value is -0.750. The SMILES string of the molecule is CCC(NCCSC(F)(F)F)c1ccc(F)cc1. The number of halogens is 4. The summed E-state index contributed by atoms with van der Waals surface area (Å²) in [6, 6.07) is 5.95. The lowest BCUT2D eigenvalue weighted by molar-refractivity contribution is -0.0327. The van der Waals surface area contributed by atoms with Gasteiger partial charge in [0.15, 0.2) is 0 Å². The molecule has 0 aliphatic rings. The predicted molar refractivity (Wildman–Crippen MR) is 65.9 cm³/mol. The van der Waals surface area contributed by atoms with Gasteiger partial charge in [0.2, 0.25) is 0 Å². The highest BCUT2D eigenvalue weighted by molar-refractivity contribution is 8.00. The summed E-state index contributed by atoms with van der Waals surface area (Å²) in [5.41, 5.74) is -3.30. The highest BCUT2D eigenvalue weighted by Gasteiger charge is 2.27. The maximum atomic E-state index is 12.7. The van der Waals surface area contributed by atoms with Crippen molar-refractivity contribution in [2.45, 2.75) is 24.9 Å². The molecule has 0 fully saturated rings. The van der Waals surface area contributed by atoms with Crippen molar-refractivity contribution in [3.8, 4) is 0 Å². The first kappa shape index (κ1) is 15.3. The van der Waals surface area contributed by atoms with E-state index in [1.54, 1.807) is 12.1 Å². The lowest BCUT2D eigenvalue weighted by Gasteiger charge is -2.17. The minimum absolute atomic E-state index is 0.0266. The molecule has 0 spiro atoms. The van der Waals surface area contributed by atoms with Gasteiger partial charge in [0, 0.05) is 18.3 Å². The van der Waals surface area contributed by atoms with Crippen LogP contribution in [0.25, 0.3) is 0 Å².